The van der Waals surface area contributed by atoms with Gasteiger partial charge in [-0.05, 0) is 72.0 Å². The molecule has 2 N–H and O–H groups in total. The van der Waals surface area contributed by atoms with Crippen molar-refractivity contribution in [2.75, 3.05) is 7.11 Å². The molecule has 0 saturated carbocycles. The fourth-order valence-electron chi connectivity index (χ4n) is 5.64. The normalized spacial score (nSPS) is 28.9. The van der Waals surface area contributed by atoms with Crippen molar-refractivity contribution in [2.45, 2.75) is 25.7 Å². The van der Waals surface area contributed by atoms with Gasteiger partial charge in [-0.3, -0.25) is 24.4 Å². The molecule has 0 bridgehead atoms. The highest BCUT2D eigenvalue weighted by atomic mass is 127. The molecule has 8 nitrogen and oxygen atoms in total. The summed E-state index contributed by atoms with van der Waals surface area (Å²) in [5.41, 5.74) is 2.44. The van der Waals surface area contributed by atoms with Crippen molar-refractivity contribution in [3.8, 4) is 11.5 Å². The van der Waals surface area contributed by atoms with E-state index in [9.17, 15) is 29.5 Å². The summed E-state index contributed by atoms with van der Waals surface area (Å²) in [4.78, 5) is 51.5. The summed E-state index contributed by atoms with van der Waals surface area (Å²) in [5, 5.41) is 20.5. The molecule has 1 aromatic carbocycles. The highest BCUT2D eigenvalue weighted by molar-refractivity contribution is 14.1. The number of aromatic hydroxyl groups is 1. The molecule has 1 heterocycles. The van der Waals surface area contributed by atoms with Gasteiger partial charge in [0.1, 0.15) is 0 Å². The third-order valence-corrected chi connectivity index (χ3v) is 7.97. The summed E-state index contributed by atoms with van der Waals surface area (Å²) >= 11 is 1.97. The first kappa shape index (κ1) is 22.0. The molecule has 5 rings (SSSR count). The van der Waals surface area contributed by atoms with Gasteiger partial charge in [0.25, 0.3) is 11.8 Å². The second-order valence-corrected chi connectivity index (χ2v) is 9.93. The van der Waals surface area contributed by atoms with Gasteiger partial charge in [-0.15, -0.1) is 0 Å². The first-order valence-electron chi connectivity index (χ1n) is 10.5. The van der Waals surface area contributed by atoms with Gasteiger partial charge < -0.3 is 9.84 Å². The number of fused-ring (bicyclic) bond motifs is 3. The van der Waals surface area contributed by atoms with Crippen LogP contribution in [0.4, 0.5) is 0 Å². The van der Waals surface area contributed by atoms with Crippen LogP contribution in [0.25, 0.3) is 0 Å². The van der Waals surface area contributed by atoms with Crippen LogP contribution in [0.3, 0.4) is 0 Å². The van der Waals surface area contributed by atoms with Gasteiger partial charge >= 0.3 is 0 Å². The average molecular weight is 561 g/mol. The topological polar surface area (TPSA) is 121 Å². The molecular formula is C24H20INO7. The molecule has 33 heavy (non-hydrogen) atoms. The summed E-state index contributed by atoms with van der Waals surface area (Å²) in [5.74, 6) is -4.29. The molecule has 0 unspecified atom stereocenters. The summed E-state index contributed by atoms with van der Waals surface area (Å²) in [6.07, 6.45) is 3.57. The summed E-state index contributed by atoms with van der Waals surface area (Å²) < 4.78 is 5.83. The number of carbonyl (C=O) groups is 4. The lowest BCUT2D eigenvalue weighted by Gasteiger charge is -2.42. The van der Waals surface area contributed by atoms with E-state index in [-0.39, 0.29) is 41.0 Å². The zero-order chi connectivity index (χ0) is 23.8. The number of Topliss-reactive ketones (excluding diaryl/α,β-unsaturated/α-hetero) is 1. The molecule has 4 atom stereocenters. The summed E-state index contributed by atoms with van der Waals surface area (Å²) in [6.45, 7) is 1.60. The van der Waals surface area contributed by atoms with Crippen LogP contribution in [-0.4, -0.2) is 45.9 Å². The van der Waals surface area contributed by atoms with Crippen LogP contribution in [0.15, 0.2) is 46.6 Å². The van der Waals surface area contributed by atoms with Gasteiger partial charge in [-0.25, -0.2) is 0 Å². The van der Waals surface area contributed by atoms with Crippen LogP contribution in [0.2, 0.25) is 0 Å². The molecule has 0 spiro atoms. The number of hydroxylamine groups is 2. The second kappa shape index (κ2) is 7.63. The minimum absolute atomic E-state index is 0.0317. The number of benzene rings is 1. The van der Waals surface area contributed by atoms with Crippen LogP contribution in [0.5, 0.6) is 11.5 Å². The molecule has 3 aliphatic carbocycles. The van der Waals surface area contributed by atoms with Gasteiger partial charge in [0.2, 0.25) is 0 Å². The fourth-order valence-corrected chi connectivity index (χ4v) is 6.27. The Morgan fingerprint density at radius 1 is 1.12 bits per heavy atom. The number of nitrogens with zero attached hydrogens (tertiary/aromatic N) is 1. The number of carbonyl (C=O) groups excluding carboxylic acids is 4. The lowest BCUT2D eigenvalue weighted by Crippen LogP contribution is -2.39. The van der Waals surface area contributed by atoms with Crippen LogP contribution in [0, 0.1) is 21.3 Å². The number of phenols is 1. The Morgan fingerprint density at radius 2 is 1.85 bits per heavy atom. The predicted molar refractivity (Wildman–Crippen MR) is 122 cm³/mol. The van der Waals surface area contributed by atoms with E-state index in [4.69, 9.17) is 4.74 Å². The maximum atomic E-state index is 13.3. The number of hydrogen-bond donors (Lipinski definition) is 2. The highest BCUT2D eigenvalue weighted by Crippen LogP contribution is 2.55. The van der Waals surface area contributed by atoms with E-state index >= 15 is 0 Å². The van der Waals surface area contributed by atoms with Gasteiger partial charge in [0, 0.05) is 22.6 Å². The third-order valence-electron chi connectivity index (χ3n) is 7.15. The van der Waals surface area contributed by atoms with Crippen molar-refractivity contribution in [1.29, 1.82) is 0 Å². The first-order valence-corrected chi connectivity index (χ1v) is 11.6. The number of allylic oxidation sites excluding steroid dienone is 6. The fraction of sp³-hybridized carbons (Fsp3) is 0.333. The van der Waals surface area contributed by atoms with E-state index in [1.807, 2.05) is 28.7 Å². The number of hydrogen-bond acceptors (Lipinski definition) is 7. The minimum Gasteiger partial charge on any atom is -0.504 e. The number of phenolic OH excluding ortho intramolecular Hbond substituents is 1. The monoisotopic (exact) mass is 561 g/mol. The van der Waals surface area contributed by atoms with E-state index in [1.54, 1.807) is 19.1 Å². The second-order valence-electron chi connectivity index (χ2n) is 8.77. The van der Waals surface area contributed by atoms with E-state index in [0.717, 1.165) is 5.57 Å². The lowest BCUT2D eigenvalue weighted by atomic mass is 9.59. The molecule has 4 aliphatic rings. The van der Waals surface area contributed by atoms with Gasteiger partial charge in [0.05, 0.1) is 22.5 Å². The molecule has 9 heteroatoms. The number of ether oxygens (including phenoxy) is 1. The van der Waals surface area contributed by atoms with Crippen LogP contribution < -0.4 is 4.74 Å². The summed E-state index contributed by atoms with van der Waals surface area (Å²) in [7, 11) is 1.43. The molecule has 0 aromatic heterocycles. The van der Waals surface area contributed by atoms with Crippen LogP contribution >= 0.6 is 22.6 Å². The van der Waals surface area contributed by atoms with E-state index in [2.05, 4.69) is 0 Å². The molecule has 1 aliphatic heterocycles. The molecule has 1 aromatic rings. The van der Waals surface area contributed by atoms with Crippen molar-refractivity contribution < 1.29 is 34.2 Å². The number of ketones is 2. The third kappa shape index (κ3) is 3.05. The van der Waals surface area contributed by atoms with Crippen LogP contribution in [-0.2, 0) is 19.2 Å². The molecule has 0 radical (unpaired) electrons. The van der Waals surface area contributed by atoms with Crippen molar-refractivity contribution in [3.63, 3.8) is 0 Å². The molecule has 170 valence electrons. The standard InChI is InChI=1S/C24H20INO7/c1-9-5-16(27)14-8-13-11(3-4-12-19(13)24(31)26(32)23(12)30)18(20(14)21(9)28)10-6-15(25)22(29)17(7-10)33-2/h3,5-7,12-13,18-19,29,32H,4,8H2,1-2H3/t12-,13+,18-,19-/m0/s1. The van der Waals surface area contributed by atoms with Crippen LogP contribution in [0.1, 0.15) is 31.2 Å². The van der Waals surface area contributed by atoms with Crippen molar-refractivity contribution in [2.24, 2.45) is 17.8 Å². The Hall–Kier alpha value is -2.79. The Labute approximate surface area is 202 Å². The lowest BCUT2D eigenvalue weighted by molar-refractivity contribution is -0.173. The average Bonchev–Trinajstić information content (AvgIpc) is 3.02. The highest BCUT2D eigenvalue weighted by Gasteiger charge is 2.56. The van der Waals surface area contributed by atoms with E-state index < -0.39 is 35.5 Å². The maximum absolute atomic E-state index is 13.3. The number of halogens is 1. The number of amides is 2. The van der Waals surface area contributed by atoms with Gasteiger partial charge in [-0.1, -0.05) is 11.6 Å². The predicted octanol–water partition coefficient (Wildman–Crippen LogP) is 2.82. The largest absolute Gasteiger partial charge is 0.504 e. The number of imide groups is 1. The zero-order valence-corrected chi connectivity index (χ0v) is 20.0. The maximum Gasteiger partial charge on any atom is 0.257 e. The van der Waals surface area contributed by atoms with Gasteiger partial charge in [-0.2, -0.15) is 5.06 Å². The van der Waals surface area contributed by atoms with Gasteiger partial charge in [0.15, 0.2) is 23.1 Å². The summed E-state index contributed by atoms with van der Waals surface area (Å²) in [6, 6.07) is 3.36. The molecule has 1 fully saturated rings. The number of rotatable bonds is 2. The Balaban J connectivity index is 1.74. The molecular weight excluding hydrogens is 541 g/mol. The number of methoxy groups -OCH3 is 1. The van der Waals surface area contributed by atoms with Crippen molar-refractivity contribution in [3.05, 3.63) is 55.7 Å². The first-order chi connectivity index (χ1) is 15.6. The Morgan fingerprint density at radius 3 is 2.55 bits per heavy atom. The minimum atomic E-state index is -0.799. The Bertz CT molecular complexity index is 1260. The SMILES string of the molecule is COc1cc([C@H]2C3=CC[C@@H]4C(=O)N(O)C(=O)[C@@H]4[C@@H]3CC3=C2C(=O)C(C)=CC3=O)cc(I)c1O. The quantitative estimate of drug-likeness (QED) is 0.187. The van der Waals surface area contributed by atoms with E-state index in [0.29, 0.717) is 25.9 Å². The molecule has 2 amide bonds. The van der Waals surface area contributed by atoms with E-state index in [1.165, 1.54) is 13.2 Å². The van der Waals surface area contributed by atoms with Crippen molar-refractivity contribution >= 4 is 46.0 Å². The molecule has 1 saturated heterocycles. The Kier molecular flexibility index (Phi) is 5.09. The zero-order valence-electron chi connectivity index (χ0n) is 17.8. The smallest absolute Gasteiger partial charge is 0.257 e. The van der Waals surface area contributed by atoms with Crippen molar-refractivity contribution in [1.82, 2.24) is 5.06 Å².